The van der Waals surface area contributed by atoms with Gasteiger partial charge in [-0.25, -0.2) is 9.59 Å². The van der Waals surface area contributed by atoms with Crippen molar-refractivity contribution in [1.82, 2.24) is 10.6 Å². The lowest BCUT2D eigenvalue weighted by molar-refractivity contribution is 0.0463. The molecule has 0 heterocycles. The van der Waals surface area contributed by atoms with Crippen molar-refractivity contribution in [1.29, 1.82) is 0 Å². The summed E-state index contributed by atoms with van der Waals surface area (Å²) in [5, 5.41) is 5.53. The summed E-state index contributed by atoms with van der Waals surface area (Å²) in [5.41, 5.74) is -0.109. The number of rotatable bonds is 5. The number of benzene rings is 1. The Morgan fingerprint density at radius 1 is 0.962 bits per heavy atom. The van der Waals surface area contributed by atoms with Gasteiger partial charge in [-0.1, -0.05) is 12.1 Å². The second kappa shape index (κ2) is 9.43. The molecule has 0 aliphatic rings. The smallest absolute Gasteiger partial charge is 0.407 e. The van der Waals surface area contributed by atoms with Crippen LogP contribution < -0.4 is 10.6 Å². The molecule has 0 fully saturated rings. The third-order valence-corrected chi connectivity index (χ3v) is 3.73. The fourth-order valence-electron chi connectivity index (χ4n) is 2.07. The first-order valence-electron chi connectivity index (χ1n) is 8.55. The Labute approximate surface area is 169 Å². The molecule has 146 valence electrons. The standard InChI is InChI=1S/C19H29IN2O4/c1-18(2,3)25-16(23)21-12-15(22-17(24)26-19(4,5)6)11-13-7-9-14(20)10-8-13/h7-10,15H,11-12H2,1-6H3,(H,21,23)(H,22,24). The minimum Gasteiger partial charge on any atom is -0.444 e. The number of nitrogens with one attached hydrogen (secondary N) is 2. The molecule has 1 atom stereocenters. The minimum atomic E-state index is -0.587. The van der Waals surface area contributed by atoms with Crippen molar-refractivity contribution in [2.75, 3.05) is 6.54 Å². The largest absolute Gasteiger partial charge is 0.444 e. The number of carbonyl (C=O) groups excluding carboxylic acids is 2. The van der Waals surface area contributed by atoms with E-state index in [1.807, 2.05) is 24.3 Å². The summed E-state index contributed by atoms with van der Waals surface area (Å²) in [6, 6.07) is 7.68. The Balaban J connectivity index is 2.72. The molecule has 1 unspecified atom stereocenters. The van der Waals surface area contributed by atoms with E-state index in [0.717, 1.165) is 9.13 Å². The Bertz CT molecular complexity index is 603. The molecule has 0 aliphatic carbocycles. The Morgan fingerprint density at radius 3 is 1.96 bits per heavy atom. The summed E-state index contributed by atoms with van der Waals surface area (Å²) < 4.78 is 11.7. The van der Waals surface area contributed by atoms with Gasteiger partial charge in [0.05, 0.1) is 6.04 Å². The number of alkyl carbamates (subject to hydrolysis) is 2. The summed E-state index contributed by atoms with van der Waals surface area (Å²) in [7, 11) is 0. The van der Waals surface area contributed by atoms with Gasteiger partial charge in [-0.15, -0.1) is 0 Å². The summed E-state index contributed by atoms with van der Waals surface area (Å²) in [6.45, 7) is 11.1. The third kappa shape index (κ3) is 10.5. The van der Waals surface area contributed by atoms with Gasteiger partial charge in [-0.05, 0) is 88.3 Å². The third-order valence-electron chi connectivity index (χ3n) is 3.01. The monoisotopic (exact) mass is 476 g/mol. The highest BCUT2D eigenvalue weighted by atomic mass is 127. The molecule has 26 heavy (non-hydrogen) atoms. The lowest BCUT2D eigenvalue weighted by Gasteiger charge is -2.25. The van der Waals surface area contributed by atoms with E-state index < -0.39 is 23.4 Å². The molecular formula is C19H29IN2O4. The number of hydrogen-bond donors (Lipinski definition) is 2. The average molecular weight is 476 g/mol. The number of halogens is 1. The van der Waals surface area contributed by atoms with Gasteiger partial charge < -0.3 is 20.1 Å². The maximum atomic E-state index is 12.1. The zero-order valence-electron chi connectivity index (χ0n) is 16.3. The van der Waals surface area contributed by atoms with E-state index in [1.54, 1.807) is 41.5 Å². The predicted molar refractivity (Wildman–Crippen MR) is 110 cm³/mol. The van der Waals surface area contributed by atoms with Gasteiger partial charge in [-0.3, -0.25) is 0 Å². The summed E-state index contributed by atoms with van der Waals surface area (Å²) in [4.78, 5) is 24.0. The first-order valence-corrected chi connectivity index (χ1v) is 9.63. The molecule has 2 amide bonds. The van der Waals surface area contributed by atoms with E-state index >= 15 is 0 Å². The molecule has 0 saturated carbocycles. The molecule has 1 aromatic rings. The molecule has 0 radical (unpaired) electrons. The van der Waals surface area contributed by atoms with Crippen LogP contribution in [0.5, 0.6) is 0 Å². The first-order chi connectivity index (χ1) is 11.8. The maximum Gasteiger partial charge on any atom is 0.407 e. The average Bonchev–Trinajstić information content (AvgIpc) is 2.43. The van der Waals surface area contributed by atoms with Crippen molar-refractivity contribution >= 4 is 34.8 Å². The Morgan fingerprint density at radius 2 is 1.46 bits per heavy atom. The van der Waals surface area contributed by atoms with Crippen LogP contribution in [0.15, 0.2) is 24.3 Å². The second-order valence-electron chi connectivity index (χ2n) is 8.06. The summed E-state index contributed by atoms with van der Waals surface area (Å²) in [5.74, 6) is 0. The number of hydrogen-bond acceptors (Lipinski definition) is 4. The van der Waals surface area contributed by atoms with Crippen molar-refractivity contribution in [3.05, 3.63) is 33.4 Å². The quantitative estimate of drug-likeness (QED) is 0.624. The summed E-state index contributed by atoms with van der Waals surface area (Å²) >= 11 is 2.24. The van der Waals surface area contributed by atoms with E-state index in [9.17, 15) is 9.59 Å². The van der Waals surface area contributed by atoms with Crippen molar-refractivity contribution in [2.45, 2.75) is 65.2 Å². The van der Waals surface area contributed by atoms with E-state index in [2.05, 4.69) is 33.2 Å². The van der Waals surface area contributed by atoms with E-state index in [0.29, 0.717) is 6.42 Å². The van der Waals surface area contributed by atoms with Gasteiger partial charge in [0, 0.05) is 10.1 Å². The normalized spacial score (nSPS) is 12.9. The predicted octanol–water partition coefficient (Wildman–Crippen LogP) is 4.25. The van der Waals surface area contributed by atoms with E-state index in [-0.39, 0.29) is 12.6 Å². The van der Waals surface area contributed by atoms with Gasteiger partial charge in [0.15, 0.2) is 0 Å². The topological polar surface area (TPSA) is 76.7 Å². The maximum absolute atomic E-state index is 12.1. The van der Waals surface area contributed by atoms with Crippen molar-refractivity contribution in [3.8, 4) is 0 Å². The summed E-state index contributed by atoms with van der Waals surface area (Å²) in [6.07, 6.45) is -0.471. The highest BCUT2D eigenvalue weighted by Crippen LogP contribution is 2.11. The molecule has 2 N–H and O–H groups in total. The lowest BCUT2D eigenvalue weighted by atomic mass is 10.1. The van der Waals surface area contributed by atoms with Crippen LogP contribution in [0, 0.1) is 3.57 Å². The number of ether oxygens (including phenoxy) is 2. The highest BCUT2D eigenvalue weighted by Gasteiger charge is 2.22. The van der Waals surface area contributed by atoms with Gasteiger partial charge in [0.25, 0.3) is 0 Å². The highest BCUT2D eigenvalue weighted by molar-refractivity contribution is 14.1. The molecule has 1 aromatic carbocycles. The number of carbonyl (C=O) groups is 2. The van der Waals surface area contributed by atoms with Crippen LogP contribution >= 0.6 is 22.6 Å². The molecule has 0 aromatic heterocycles. The molecule has 0 saturated heterocycles. The first kappa shape index (κ1) is 22.5. The van der Waals surface area contributed by atoms with Crippen molar-refractivity contribution < 1.29 is 19.1 Å². The molecule has 1 rings (SSSR count). The van der Waals surface area contributed by atoms with E-state index in [4.69, 9.17) is 9.47 Å². The van der Waals surface area contributed by atoms with Crippen LogP contribution in [0.4, 0.5) is 9.59 Å². The number of amides is 2. The minimum absolute atomic E-state index is 0.236. The zero-order valence-corrected chi connectivity index (χ0v) is 18.5. The van der Waals surface area contributed by atoms with Crippen molar-refractivity contribution in [2.24, 2.45) is 0 Å². The SMILES string of the molecule is CC(C)(C)OC(=O)NCC(Cc1ccc(I)cc1)NC(=O)OC(C)(C)C. The Hall–Kier alpha value is -1.51. The van der Waals surface area contributed by atoms with Crippen molar-refractivity contribution in [3.63, 3.8) is 0 Å². The molecule has 6 nitrogen and oxygen atoms in total. The van der Waals surface area contributed by atoms with Gasteiger partial charge in [-0.2, -0.15) is 0 Å². The van der Waals surface area contributed by atoms with Crippen LogP contribution in [0.3, 0.4) is 0 Å². The lowest BCUT2D eigenvalue weighted by Crippen LogP contribution is -2.47. The molecule has 7 heteroatoms. The van der Waals surface area contributed by atoms with Crippen LogP contribution in [0.25, 0.3) is 0 Å². The van der Waals surface area contributed by atoms with E-state index in [1.165, 1.54) is 0 Å². The van der Waals surface area contributed by atoms with Gasteiger partial charge in [0.2, 0.25) is 0 Å². The fraction of sp³-hybridized carbons (Fsp3) is 0.579. The Kier molecular flexibility index (Phi) is 8.17. The van der Waals surface area contributed by atoms with Crippen LogP contribution in [-0.4, -0.2) is 36.0 Å². The van der Waals surface area contributed by atoms with Gasteiger partial charge >= 0.3 is 12.2 Å². The van der Waals surface area contributed by atoms with Crippen LogP contribution in [0.1, 0.15) is 47.1 Å². The van der Waals surface area contributed by atoms with Crippen LogP contribution in [-0.2, 0) is 15.9 Å². The second-order valence-corrected chi connectivity index (χ2v) is 9.30. The van der Waals surface area contributed by atoms with Gasteiger partial charge in [0.1, 0.15) is 11.2 Å². The molecular weight excluding hydrogens is 447 g/mol. The fourth-order valence-corrected chi connectivity index (χ4v) is 2.43. The molecule has 0 spiro atoms. The molecule has 0 bridgehead atoms. The zero-order chi connectivity index (χ0) is 20.0. The van der Waals surface area contributed by atoms with Crippen LogP contribution in [0.2, 0.25) is 0 Å². The molecule has 0 aliphatic heterocycles.